The summed E-state index contributed by atoms with van der Waals surface area (Å²) in [6.07, 6.45) is 2.67. The molecule has 0 unspecified atom stereocenters. The maximum Gasteiger partial charge on any atom is 0.268 e. The molecule has 2 aliphatic rings. The number of nitrogens with zero attached hydrogens (tertiary/aromatic N) is 3. The lowest BCUT2D eigenvalue weighted by Crippen LogP contribution is -2.55. The molecule has 2 aromatic heterocycles. The van der Waals surface area contributed by atoms with E-state index in [4.69, 9.17) is 4.74 Å². The smallest absolute Gasteiger partial charge is 0.268 e. The van der Waals surface area contributed by atoms with Crippen molar-refractivity contribution in [2.24, 2.45) is 11.8 Å². The quantitative estimate of drug-likeness (QED) is 0.197. The van der Waals surface area contributed by atoms with Gasteiger partial charge in [-0.2, -0.15) is 5.10 Å². The average molecular weight is 697 g/mol. The third-order valence-electron chi connectivity index (χ3n) is 8.66. The van der Waals surface area contributed by atoms with Crippen molar-refractivity contribution < 1.29 is 23.9 Å². The monoisotopic (exact) mass is 696 g/mol. The fourth-order valence-electron chi connectivity index (χ4n) is 6.15. The van der Waals surface area contributed by atoms with E-state index in [9.17, 15) is 19.2 Å². The van der Waals surface area contributed by atoms with Crippen LogP contribution in [0, 0.1) is 18.8 Å². The number of rotatable bonds is 7. The van der Waals surface area contributed by atoms with Crippen LogP contribution in [0.2, 0.25) is 0 Å². The first-order valence-electron chi connectivity index (χ1n) is 17.5. The van der Waals surface area contributed by atoms with Crippen LogP contribution in [-0.2, 0) is 33.8 Å². The Morgan fingerprint density at radius 1 is 0.941 bits per heavy atom. The van der Waals surface area contributed by atoms with Crippen molar-refractivity contribution in [3.63, 3.8) is 0 Å². The molecule has 4 aromatic rings. The van der Waals surface area contributed by atoms with Gasteiger partial charge in [-0.15, -0.1) is 0 Å². The van der Waals surface area contributed by atoms with Gasteiger partial charge in [0.2, 0.25) is 17.7 Å². The van der Waals surface area contributed by atoms with Crippen LogP contribution >= 0.6 is 0 Å². The van der Waals surface area contributed by atoms with Gasteiger partial charge in [0.1, 0.15) is 42.5 Å². The number of carbonyl (C=O) groups excluding carboxylic acids is 4. The van der Waals surface area contributed by atoms with Crippen LogP contribution in [0.3, 0.4) is 0 Å². The number of ether oxygens (including phenoxy) is 1. The molecule has 270 valence electrons. The summed E-state index contributed by atoms with van der Waals surface area (Å²) in [5.41, 5.74) is 1.91. The molecule has 0 spiro atoms. The maximum atomic E-state index is 14.2. The minimum atomic E-state index is -1.01. The van der Waals surface area contributed by atoms with Crippen LogP contribution in [0.25, 0.3) is 0 Å². The lowest BCUT2D eigenvalue weighted by atomic mass is 10.00. The van der Waals surface area contributed by atoms with Gasteiger partial charge >= 0.3 is 0 Å². The number of amides is 4. The van der Waals surface area contributed by atoms with Crippen molar-refractivity contribution in [1.82, 2.24) is 41.0 Å². The fraction of sp³-hybridized carbons (Fsp3) is 0.421. The summed E-state index contributed by atoms with van der Waals surface area (Å²) < 4.78 is 7.64. The number of fused-ring (bicyclic) bond motifs is 14. The maximum absolute atomic E-state index is 14.2. The average Bonchev–Trinajstić information content (AvgIpc) is 3.76. The highest BCUT2D eigenvalue weighted by Gasteiger charge is 2.32. The molecule has 4 heterocycles. The molecule has 6 rings (SSSR count). The standard InChI is InChI=1S/C38H48N8O5/c1-23(2)18-28-22-51-29-15-13-27(14-16-29)20-31(42-36(48)30-12-9-17-39-30)37(49)43-32(19-26-10-7-6-8-11-26)38(50)44-34(24(3)4)35-40-25(5)45-46(35)21-33(47)41-28/h6-17,23-24,28,31-32,34,39H,18-22H2,1-5H3,(H,41,47)(H,42,48)(H,43,49)(H,44,50)/t28-,31-,32-,34-/m0/s1. The topological polar surface area (TPSA) is 172 Å². The normalized spacial score (nSPS) is 20.6. The molecule has 5 N–H and O–H groups in total. The van der Waals surface area contributed by atoms with E-state index < -0.39 is 35.8 Å². The molecule has 0 aliphatic carbocycles. The largest absolute Gasteiger partial charge is 0.491 e. The summed E-state index contributed by atoms with van der Waals surface area (Å²) in [7, 11) is 0. The third-order valence-corrected chi connectivity index (χ3v) is 8.66. The second-order valence-corrected chi connectivity index (χ2v) is 13.8. The minimum Gasteiger partial charge on any atom is -0.491 e. The zero-order valence-electron chi connectivity index (χ0n) is 29.8. The molecule has 0 radical (unpaired) electrons. The van der Waals surface area contributed by atoms with E-state index in [-0.39, 0.29) is 43.9 Å². The first-order valence-corrected chi connectivity index (χ1v) is 17.5. The number of benzene rings is 2. The van der Waals surface area contributed by atoms with E-state index in [1.165, 1.54) is 4.68 Å². The van der Waals surface area contributed by atoms with Crippen molar-refractivity contribution in [2.45, 2.75) is 84.6 Å². The third kappa shape index (κ3) is 10.3. The molecule has 2 bridgehead atoms. The summed E-state index contributed by atoms with van der Waals surface area (Å²) in [4.78, 5) is 62.5. The number of carbonyl (C=O) groups is 4. The molecular weight excluding hydrogens is 648 g/mol. The van der Waals surface area contributed by atoms with E-state index in [0.29, 0.717) is 35.4 Å². The Hall–Kier alpha value is -5.46. The number of aryl methyl sites for hydroxylation is 1. The van der Waals surface area contributed by atoms with Gasteiger partial charge in [-0.1, -0.05) is 70.2 Å². The van der Waals surface area contributed by atoms with Gasteiger partial charge in [-0.05, 0) is 60.6 Å². The van der Waals surface area contributed by atoms with E-state index in [0.717, 1.165) is 11.1 Å². The predicted molar refractivity (Wildman–Crippen MR) is 192 cm³/mol. The van der Waals surface area contributed by atoms with Gasteiger partial charge in [0.15, 0.2) is 5.82 Å². The fourth-order valence-corrected chi connectivity index (χ4v) is 6.15. The highest BCUT2D eigenvalue weighted by atomic mass is 16.5. The van der Waals surface area contributed by atoms with Crippen LogP contribution < -0.4 is 26.0 Å². The van der Waals surface area contributed by atoms with E-state index in [2.05, 4.69) is 50.2 Å². The SMILES string of the molecule is Cc1nc2n(n1)CC(=O)N[C@@H](CC(C)C)COc1ccc(cc1)C[C@H](NC(=O)c1ccc[nH]1)C(=O)N[C@@H](Cc1ccccc1)C(=O)N[C@H]2C(C)C. The Morgan fingerprint density at radius 2 is 1.69 bits per heavy atom. The molecule has 0 saturated heterocycles. The molecule has 13 heteroatoms. The van der Waals surface area contributed by atoms with Crippen molar-refractivity contribution >= 4 is 23.6 Å². The molecule has 4 amide bonds. The molecule has 51 heavy (non-hydrogen) atoms. The molecular formula is C38H48N8O5. The summed E-state index contributed by atoms with van der Waals surface area (Å²) in [6.45, 7) is 9.92. The summed E-state index contributed by atoms with van der Waals surface area (Å²) >= 11 is 0. The summed E-state index contributed by atoms with van der Waals surface area (Å²) in [5.74, 6) is -0.0387. The molecule has 0 fully saturated rings. The molecule has 4 atom stereocenters. The minimum absolute atomic E-state index is 0.106. The molecule has 2 aliphatic heterocycles. The lowest BCUT2D eigenvalue weighted by molar-refractivity contribution is -0.130. The van der Waals surface area contributed by atoms with Crippen molar-refractivity contribution in [2.75, 3.05) is 6.61 Å². The zero-order valence-corrected chi connectivity index (χ0v) is 29.8. The van der Waals surface area contributed by atoms with Crippen LogP contribution in [0.15, 0.2) is 72.9 Å². The Balaban J connectivity index is 1.53. The highest BCUT2D eigenvalue weighted by molar-refractivity contribution is 5.97. The molecule has 2 aromatic carbocycles. The number of aromatic nitrogens is 4. The van der Waals surface area contributed by atoms with E-state index in [1.807, 2.05) is 56.3 Å². The predicted octanol–water partition coefficient (Wildman–Crippen LogP) is 3.42. The summed E-state index contributed by atoms with van der Waals surface area (Å²) in [5, 5.41) is 16.5. The van der Waals surface area contributed by atoms with E-state index >= 15 is 0 Å². The zero-order chi connectivity index (χ0) is 36.5. The van der Waals surface area contributed by atoms with Gasteiger partial charge < -0.3 is 31.0 Å². The van der Waals surface area contributed by atoms with Crippen molar-refractivity contribution in [3.8, 4) is 5.75 Å². The number of hydrogen-bond donors (Lipinski definition) is 5. The van der Waals surface area contributed by atoms with E-state index in [1.54, 1.807) is 37.4 Å². The first-order chi connectivity index (χ1) is 24.4. The Morgan fingerprint density at radius 3 is 2.35 bits per heavy atom. The molecule has 0 saturated carbocycles. The number of nitrogens with one attached hydrogen (secondary N) is 5. The van der Waals surface area contributed by atoms with Crippen LogP contribution in [0.1, 0.15) is 73.4 Å². The second-order valence-electron chi connectivity index (χ2n) is 13.8. The van der Waals surface area contributed by atoms with Gasteiger partial charge in [-0.25, -0.2) is 9.67 Å². The number of hydrogen-bond acceptors (Lipinski definition) is 7. The van der Waals surface area contributed by atoms with Gasteiger partial charge in [0.05, 0.1) is 12.1 Å². The number of aromatic amines is 1. The second kappa shape index (κ2) is 17.0. The van der Waals surface area contributed by atoms with Gasteiger partial charge in [0, 0.05) is 19.0 Å². The Bertz CT molecular complexity index is 1770. The van der Waals surface area contributed by atoms with Crippen LogP contribution in [-0.4, -0.2) is 68.1 Å². The highest BCUT2D eigenvalue weighted by Crippen LogP contribution is 2.22. The van der Waals surface area contributed by atoms with Gasteiger partial charge in [-0.3, -0.25) is 19.2 Å². The Kier molecular flexibility index (Phi) is 12.2. The number of H-pyrrole nitrogens is 1. The molecule has 13 nitrogen and oxygen atoms in total. The lowest BCUT2D eigenvalue weighted by Gasteiger charge is -2.27. The van der Waals surface area contributed by atoms with Crippen molar-refractivity contribution in [1.29, 1.82) is 0 Å². The summed E-state index contributed by atoms with van der Waals surface area (Å²) in [6, 6.07) is 17.0. The van der Waals surface area contributed by atoms with Crippen LogP contribution in [0.5, 0.6) is 5.75 Å². The Labute approximate surface area is 298 Å². The van der Waals surface area contributed by atoms with Crippen LogP contribution in [0.4, 0.5) is 0 Å². The van der Waals surface area contributed by atoms with Crippen molar-refractivity contribution in [3.05, 3.63) is 101 Å². The first kappa shape index (κ1) is 36.8. The van der Waals surface area contributed by atoms with Gasteiger partial charge in [0.25, 0.3) is 5.91 Å².